The van der Waals surface area contributed by atoms with Crippen LogP contribution in [0.3, 0.4) is 0 Å². The van der Waals surface area contributed by atoms with Crippen LogP contribution in [0.4, 0.5) is 0 Å². The minimum absolute atomic E-state index is 0.146. The van der Waals surface area contributed by atoms with E-state index in [0.717, 1.165) is 53.8 Å². The highest BCUT2D eigenvalue weighted by molar-refractivity contribution is 5.77. The van der Waals surface area contributed by atoms with Gasteiger partial charge in [-0.3, -0.25) is 4.68 Å². The fraction of sp³-hybridized carbons (Fsp3) is 0.455. The van der Waals surface area contributed by atoms with Gasteiger partial charge in [0.1, 0.15) is 11.4 Å². The van der Waals surface area contributed by atoms with Gasteiger partial charge >= 0.3 is 0 Å². The SMILES string of the molecule is N#CC1CC(n2cc(-c3nc(-c4cnn(C5CCCCC5)n4)cn4nccc34)cn2)C1. The standard InChI is InChI=1S/C22H23N9/c23-10-15-8-18(9-15)29-13-16(11-25-29)22-21-6-7-24-30(21)14-20(27-22)19-12-26-31(28-19)17-4-2-1-3-5-17/h6-7,11-15,17-18H,1-5,8-9H2. The Kier molecular flexibility index (Phi) is 4.30. The Morgan fingerprint density at radius 1 is 0.935 bits per heavy atom. The quantitative estimate of drug-likeness (QED) is 0.504. The van der Waals surface area contributed by atoms with Gasteiger partial charge in [-0.15, -0.1) is 0 Å². The average Bonchev–Trinajstić information content (AvgIpc) is 3.53. The van der Waals surface area contributed by atoms with Gasteiger partial charge in [0.05, 0.1) is 60.1 Å². The van der Waals surface area contributed by atoms with E-state index in [1.165, 1.54) is 19.3 Å². The fourth-order valence-electron chi connectivity index (χ4n) is 4.71. The summed E-state index contributed by atoms with van der Waals surface area (Å²) in [5, 5.41) is 27.3. The van der Waals surface area contributed by atoms with Crippen LogP contribution >= 0.6 is 0 Å². The Morgan fingerprint density at radius 2 is 1.81 bits per heavy atom. The first-order chi connectivity index (χ1) is 15.3. The molecule has 0 bridgehead atoms. The van der Waals surface area contributed by atoms with Crippen molar-refractivity contribution >= 4 is 5.52 Å². The summed E-state index contributed by atoms with van der Waals surface area (Å²) in [6.45, 7) is 0. The highest BCUT2D eigenvalue weighted by Crippen LogP contribution is 2.37. The van der Waals surface area contributed by atoms with Crippen LogP contribution < -0.4 is 0 Å². The number of fused-ring (bicyclic) bond motifs is 1. The Bertz CT molecular complexity index is 1260. The zero-order valence-corrected chi connectivity index (χ0v) is 17.2. The van der Waals surface area contributed by atoms with E-state index in [4.69, 9.17) is 15.3 Å². The van der Waals surface area contributed by atoms with Crippen molar-refractivity contribution in [3.63, 3.8) is 0 Å². The van der Waals surface area contributed by atoms with Crippen LogP contribution in [0.5, 0.6) is 0 Å². The van der Waals surface area contributed by atoms with Crippen molar-refractivity contribution in [2.45, 2.75) is 57.0 Å². The van der Waals surface area contributed by atoms with Crippen LogP contribution in [-0.4, -0.2) is 39.4 Å². The third-order valence-corrected chi connectivity index (χ3v) is 6.61. The molecule has 0 aromatic carbocycles. The van der Waals surface area contributed by atoms with Gasteiger partial charge in [0.15, 0.2) is 0 Å². The highest BCUT2D eigenvalue weighted by atomic mass is 15.5. The molecule has 0 saturated heterocycles. The van der Waals surface area contributed by atoms with E-state index < -0.39 is 0 Å². The maximum Gasteiger partial charge on any atom is 0.133 e. The lowest BCUT2D eigenvalue weighted by Gasteiger charge is -2.30. The van der Waals surface area contributed by atoms with E-state index in [2.05, 4.69) is 21.4 Å². The molecule has 2 aliphatic carbocycles. The minimum Gasteiger partial charge on any atom is -0.269 e. The maximum atomic E-state index is 9.04. The van der Waals surface area contributed by atoms with E-state index in [-0.39, 0.29) is 12.0 Å². The normalized spacial score (nSPS) is 21.8. The van der Waals surface area contributed by atoms with Gasteiger partial charge < -0.3 is 0 Å². The molecule has 9 nitrogen and oxygen atoms in total. The summed E-state index contributed by atoms with van der Waals surface area (Å²) < 4.78 is 3.80. The van der Waals surface area contributed by atoms with Gasteiger partial charge in [-0.1, -0.05) is 19.3 Å². The van der Waals surface area contributed by atoms with Crippen molar-refractivity contribution in [2.75, 3.05) is 0 Å². The molecule has 2 fully saturated rings. The number of hydrogen-bond acceptors (Lipinski definition) is 6. The summed E-state index contributed by atoms with van der Waals surface area (Å²) >= 11 is 0. The van der Waals surface area contributed by atoms with Crippen molar-refractivity contribution in [3.8, 4) is 28.7 Å². The summed E-state index contributed by atoms with van der Waals surface area (Å²) in [6.07, 6.45) is 17.1. The van der Waals surface area contributed by atoms with Gasteiger partial charge in [-0.25, -0.2) is 9.50 Å². The number of rotatable bonds is 4. The van der Waals surface area contributed by atoms with Crippen molar-refractivity contribution in [2.24, 2.45) is 5.92 Å². The topological polar surface area (TPSA) is 103 Å². The molecule has 0 spiro atoms. The highest BCUT2D eigenvalue weighted by Gasteiger charge is 2.31. The zero-order valence-electron chi connectivity index (χ0n) is 17.2. The van der Waals surface area contributed by atoms with Gasteiger partial charge in [-0.2, -0.15) is 30.5 Å². The van der Waals surface area contributed by atoms with Gasteiger partial charge in [0.25, 0.3) is 0 Å². The summed E-state index contributed by atoms with van der Waals surface area (Å²) in [5.41, 5.74) is 4.19. The third-order valence-electron chi connectivity index (χ3n) is 6.61. The molecular weight excluding hydrogens is 390 g/mol. The molecule has 6 rings (SSSR count). The molecule has 4 aromatic heterocycles. The van der Waals surface area contributed by atoms with Crippen molar-refractivity contribution in [1.29, 1.82) is 5.26 Å². The average molecular weight is 413 g/mol. The monoisotopic (exact) mass is 413 g/mol. The fourth-order valence-corrected chi connectivity index (χ4v) is 4.71. The smallest absolute Gasteiger partial charge is 0.133 e. The van der Waals surface area contributed by atoms with Crippen LogP contribution in [0.15, 0.2) is 37.1 Å². The Morgan fingerprint density at radius 3 is 2.65 bits per heavy atom. The molecule has 31 heavy (non-hydrogen) atoms. The van der Waals surface area contributed by atoms with Crippen LogP contribution in [0.2, 0.25) is 0 Å². The molecule has 0 amide bonds. The predicted molar refractivity (Wildman–Crippen MR) is 113 cm³/mol. The second-order valence-electron chi connectivity index (χ2n) is 8.64. The molecule has 2 saturated carbocycles. The maximum absolute atomic E-state index is 9.04. The minimum atomic E-state index is 0.146. The van der Waals surface area contributed by atoms with E-state index in [0.29, 0.717) is 6.04 Å². The summed E-state index contributed by atoms with van der Waals surface area (Å²) in [4.78, 5) is 6.80. The second kappa shape index (κ2) is 7.30. The molecule has 0 unspecified atom stereocenters. The first kappa shape index (κ1) is 18.2. The van der Waals surface area contributed by atoms with Crippen LogP contribution in [0.1, 0.15) is 57.0 Å². The number of nitrogens with zero attached hydrogens (tertiary/aromatic N) is 9. The van der Waals surface area contributed by atoms with Crippen molar-refractivity contribution in [1.82, 2.24) is 39.4 Å². The lowest BCUT2D eigenvalue weighted by molar-refractivity contribution is 0.230. The molecule has 0 N–H and O–H groups in total. The van der Waals surface area contributed by atoms with E-state index >= 15 is 0 Å². The lowest BCUT2D eigenvalue weighted by Crippen LogP contribution is -2.25. The zero-order chi connectivity index (χ0) is 20.8. The lowest BCUT2D eigenvalue weighted by atomic mass is 9.81. The molecule has 156 valence electrons. The van der Waals surface area contributed by atoms with Crippen LogP contribution in [-0.2, 0) is 0 Å². The molecule has 0 aliphatic heterocycles. The first-order valence-corrected chi connectivity index (χ1v) is 11.0. The Labute approximate surface area is 179 Å². The van der Waals surface area contributed by atoms with Crippen LogP contribution in [0, 0.1) is 17.2 Å². The molecule has 4 heterocycles. The van der Waals surface area contributed by atoms with Gasteiger partial charge in [0.2, 0.25) is 0 Å². The molecule has 9 heteroatoms. The van der Waals surface area contributed by atoms with Crippen molar-refractivity contribution < 1.29 is 0 Å². The Balaban J connectivity index is 1.35. The van der Waals surface area contributed by atoms with E-state index in [9.17, 15) is 0 Å². The molecular formula is C22H23N9. The summed E-state index contributed by atoms with van der Waals surface area (Å²) in [6, 6.07) is 4.96. The largest absolute Gasteiger partial charge is 0.269 e. The molecule has 0 radical (unpaired) electrons. The number of aromatic nitrogens is 8. The first-order valence-electron chi connectivity index (χ1n) is 11.0. The second-order valence-corrected chi connectivity index (χ2v) is 8.64. The third kappa shape index (κ3) is 3.19. The Hall–Kier alpha value is -3.54. The van der Waals surface area contributed by atoms with Crippen LogP contribution in [0.25, 0.3) is 28.2 Å². The summed E-state index contributed by atoms with van der Waals surface area (Å²) in [7, 11) is 0. The number of hydrogen-bond donors (Lipinski definition) is 0. The van der Waals surface area contributed by atoms with Gasteiger partial charge in [-0.05, 0) is 31.7 Å². The summed E-state index contributed by atoms with van der Waals surface area (Å²) in [5.74, 6) is 0.146. The molecule has 0 atom stereocenters. The molecule has 2 aliphatic rings. The number of nitriles is 1. The van der Waals surface area contributed by atoms with Gasteiger partial charge in [0, 0.05) is 11.8 Å². The van der Waals surface area contributed by atoms with E-state index in [1.807, 2.05) is 38.7 Å². The van der Waals surface area contributed by atoms with Crippen molar-refractivity contribution in [3.05, 3.63) is 37.1 Å². The van der Waals surface area contributed by atoms with E-state index in [1.54, 1.807) is 12.4 Å². The predicted octanol–water partition coefficient (Wildman–Crippen LogP) is 3.83. The molecule has 4 aromatic rings.